The fraction of sp³-hybridized carbons (Fsp3) is 0.133. The minimum absolute atomic E-state index is 0.182. The molecule has 22 heavy (non-hydrogen) atoms. The van der Waals surface area contributed by atoms with Crippen LogP contribution in [0.1, 0.15) is 10.4 Å². The third kappa shape index (κ3) is 3.32. The van der Waals surface area contributed by atoms with E-state index < -0.39 is 5.97 Å². The van der Waals surface area contributed by atoms with Crippen LogP contribution in [0.25, 0.3) is 0 Å². The number of rotatable bonds is 5. The van der Waals surface area contributed by atoms with Crippen LogP contribution in [0.4, 0.5) is 17.1 Å². The summed E-state index contributed by atoms with van der Waals surface area (Å²) in [5.74, 6) is -0.129. The largest absolute Gasteiger partial charge is 0.494 e. The molecule has 3 N–H and O–H groups in total. The first-order valence-corrected chi connectivity index (χ1v) is 6.31. The predicted molar refractivity (Wildman–Crippen MR) is 81.5 cm³/mol. The van der Waals surface area contributed by atoms with Crippen molar-refractivity contribution in [2.24, 2.45) is 10.2 Å². The smallest absolute Gasteiger partial charge is 0.335 e. The van der Waals surface area contributed by atoms with E-state index in [1.54, 1.807) is 24.3 Å². The molecule has 2 aromatic carbocycles. The van der Waals surface area contributed by atoms with Crippen molar-refractivity contribution in [2.45, 2.75) is 0 Å². The third-order valence-electron chi connectivity index (χ3n) is 2.88. The van der Waals surface area contributed by atoms with E-state index in [1.807, 2.05) is 0 Å². The van der Waals surface area contributed by atoms with Gasteiger partial charge in [-0.25, -0.2) is 4.79 Å². The Balaban J connectivity index is 2.35. The highest BCUT2D eigenvalue weighted by molar-refractivity contribution is 5.87. The number of aromatic carboxylic acids is 1. The number of nitrogens with zero attached hydrogens (tertiary/aromatic N) is 2. The summed E-state index contributed by atoms with van der Waals surface area (Å²) in [6.07, 6.45) is 0. The molecule has 0 atom stereocenters. The van der Waals surface area contributed by atoms with Crippen molar-refractivity contribution in [1.29, 1.82) is 0 Å². The summed E-state index contributed by atoms with van der Waals surface area (Å²) in [5, 5.41) is 17.0. The van der Waals surface area contributed by atoms with Gasteiger partial charge < -0.3 is 20.3 Å². The number of ether oxygens (including phenoxy) is 2. The molecule has 0 amide bonds. The van der Waals surface area contributed by atoms with E-state index in [0.29, 0.717) is 28.6 Å². The number of hydrogen-bond acceptors (Lipinski definition) is 6. The molecule has 0 radical (unpaired) electrons. The number of hydrogen-bond donors (Lipinski definition) is 2. The van der Waals surface area contributed by atoms with Gasteiger partial charge in [0.2, 0.25) is 0 Å². The number of carbonyl (C=O) groups is 1. The maximum absolute atomic E-state index is 10.8. The van der Waals surface area contributed by atoms with Crippen LogP contribution in [0.5, 0.6) is 11.5 Å². The Labute approximate surface area is 127 Å². The van der Waals surface area contributed by atoms with Gasteiger partial charge in [-0.1, -0.05) is 0 Å². The van der Waals surface area contributed by atoms with Crippen LogP contribution >= 0.6 is 0 Å². The molecule has 0 unspecified atom stereocenters. The van der Waals surface area contributed by atoms with Crippen molar-refractivity contribution in [2.75, 3.05) is 20.0 Å². The first-order valence-electron chi connectivity index (χ1n) is 6.31. The highest BCUT2D eigenvalue weighted by Gasteiger charge is 2.11. The monoisotopic (exact) mass is 301 g/mol. The van der Waals surface area contributed by atoms with Crippen molar-refractivity contribution in [3.05, 3.63) is 42.0 Å². The van der Waals surface area contributed by atoms with Crippen molar-refractivity contribution < 1.29 is 19.4 Å². The van der Waals surface area contributed by atoms with Gasteiger partial charge in [0.05, 0.1) is 25.5 Å². The molecule has 0 heterocycles. The summed E-state index contributed by atoms with van der Waals surface area (Å²) in [4.78, 5) is 10.8. The molecule has 0 aliphatic carbocycles. The first kappa shape index (κ1) is 15.3. The van der Waals surface area contributed by atoms with Gasteiger partial charge in [0.15, 0.2) is 17.2 Å². The lowest BCUT2D eigenvalue weighted by Gasteiger charge is -2.09. The number of anilines is 1. The fourth-order valence-electron chi connectivity index (χ4n) is 1.79. The lowest BCUT2D eigenvalue weighted by Crippen LogP contribution is -1.94. The second kappa shape index (κ2) is 6.57. The van der Waals surface area contributed by atoms with Gasteiger partial charge in [0, 0.05) is 17.8 Å². The standard InChI is InChI=1S/C15H15N3O4/c1-21-12-7-10(16)8-13(22-2)14(12)18-17-11-5-3-9(4-6-11)15(19)20/h3-8H,16H2,1-2H3,(H,19,20)/b18-17+. The number of benzene rings is 2. The highest BCUT2D eigenvalue weighted by Crippen LogP contribution is 2.40. The van der Waals surface area contributed by atoms with Gasteiger partial charge >= 0.3 is 5.97 Å². The number of nitrogens with two attached hydrogens (primary N) is 1. The first-order chi connectivity index (χ1) is 10.5. The lowest BCUT2D eigenvalue weighted by atomic mass is 10.2. The van der Waals surface area contributed by atoms with Gasteiger partial charge in [0.25, 0.3) is 0 Å². The van der Waals surface area contributed by atoms with Crippen LogP contribution in [0.2, 0.25) is 0 Å². The number of carboxylic acids is 1. The van der Waals surface area contributed by atoms with E-state index in [-0.39, 0.29) is 5.56 Å². The second-order valence-corrected chi connectivity index (χ2v) is 4.33. The molecule has 0 saturated heterocycles. The molecule has 0 aliphatic rings. The van der Waals surface area contributed by atoms with Crippen LogP contribution in [-0.2, 0) is 0 Å². The number of azo groups is 1. The Morgan fingerprint density at radius 1 is 1.05 bits per heavy atom. The van der Waals surface area contributed by atoms with E-state index in [4.69, 9.17) is 20.3 Å². The topological polar surface area (TPSA) is 107 Å². The summed E-state index contributed by atoms with van der Waals surface area (Å²) >= 11 is 0. The summed E-state index contributed by atoms with van der Waals surface area (Å²) in [6, 6.07) is 9.25. The molecule has 114 valence electrons. The quantitative estimate of drug-likeness (QED) is 0.650. The molecule has 7 heteroatoms. The predicted octanol–water partition coefficient (Wildman–Crippen LogP) is 3.40. The Morgan fingerprint density at radius 2 is 1.59 bits per heavy atom. The van der Waals surface area contributed by atoms with Gasteiger partial charge in [-0.05, 0) is 24.3 Å². The molecule has 0 saturated carbocycles. The normalized spacial score (nSPS) is 10.6. The van der Waals surface area contributed by atoms with Gasteiger partial charge in [0.1, 0.15) is 0 Å². The zero-order valence-corrected chi connectivity index (χ0v) is 12.1. The fourth-order valence-corrected chi connectivity index (χ4v) is 1.79. The highest BCUT2D eigenvalue weighted by atomic mass is 16.5. The summed E-state index contributed by atoms with van der Waals surface area (Å²) < 4.78 is 10.4. The molecule has 0 aromatic heterocycles. The minimum Gasteiger partial charge on any atom is -0.494 e. The van der Waals surface area contributed by atoms with E-state index >= 15 is 0 Å². The summed E-state index contributed by atoms with van der Waals surface area (Å²) in [7, 11) is 2.99. The zero-order chi connectivity index (χ0) is 16.1. The number of carboxylic acid groups (broad SMARTS) is 1. The van der Waals surface area contributed by atoms with E-state index in [1.165, 1.54) is 26.4 Å². The third-order valence-corrected chi connectivity index (χ3v) is 2.88. The molecule has 0 aliphatic heterocycles. The van der Waals surface area contributed by atoms with Crippen LogP contribution in [0.15, 0.2) is 46.6 Å². The Kier molecular flexibility index (Phi) is 4.57. The molecular formula is C15H15N3O4. The van der Waals surface area contributed by atoms with Crippen LogP contribution in [0.3, 0.4) is 0 Å². The van der Waals surface area contributed by atoms with Crippen LogP contribution in [-0.4, -0.2) is 25.3 Å². The van der Waals surface area contributed by atoms with E-state index in [9.17, 15) is 4.79 Å². The molecule has 0 spiro atoms. The van der Waals surface area contributed by atoms with Crippen LogP contribution in [0, 0.1) is 0 Å². The summed E-state index contributed by atoms with van der Waals surface area (Å²) in [5.41, 5.74) is 7.32. The average Bonchev–Trinajstić information content (AvgIpc) is 2.53. The molecule has 0 fully saturated rings. The average molecular weight is 301 g/mol. The molecular weight excluding hydrogens is 286 g/mol. The van der Waals surface area contributed by atoms with Gasteiger partial charge in [-0.3, -0.25) is 0 Å². The number of nitrogen functional groups attached to an aromatic ring is 1. The van der Waals surface area contributed by atoms with Crippen LogP contribution < -0.4 is 15.2 Å². The minimum atomic E-state index is -0.995. The maximum atomic E-state index is 10.8. The van der Waals surface area contributed by atoms with Crippen molar-refractivity contribution >= 4 is 23.0 Å². The molecule has 0 bridgehead atoms. The van der Waals surface area contributed by atoms with Crippen molar-refractivity contribution in [1.82, 2.24) is 0 Å². The molecule has 2 rings (SSSR count). The molecule has 7 nitrogen and oxygen atoms in total. The SMILES string of the molecule is COc1cc(N)cc(OC)c1/N=N/c1ccc(C(=O)O)cc1. The van der Waals surface area contributed by atoms with Crippen molar-refractivity contribution in [3.63, 3.8) is 0 Å². The second-order valence-electron chi connectivity index (χ2n) is 4.33. The molecule has 2 aromatic rings. The Hall–Kier alpha value is -3.09. The van der Waals surface area contributed by atoms with E-state index in [0.717, 1.165) is 0 Å². The number of methoxy groups -OCH3 is 2. The van der Waals surface area contributed by atoms with Gasteiger partial charge in [-0.15, -0.1) is 5.11 Å². The summed E-state index contributed by atoms with van der Waals surface area (Å²) in [6.45, 7) is 0. The van der Waals surface area contributed by atoms with Gasteiger partial charge in [-0.2, -0.15) is 5.11 Å². The van der Waals surface area contributed by atoms with Crippen molar-refractivity contribution in [3.8, 4) is 11.5 Å². The Morgan fingerprint density at radius 3 is 2.05 bits per heavy atom. The zero-order valence-electron chi connectivity index (χ0n) is 12.1. The van der Waals surface area contributed by atoms with E-state index in [2.05, 4.69) is 10.2 Å². The maximum Gasteiger partial charge on any atom is 0.335 e. The Bertz CT molecular complexity index is 686. The lowest BCUT2D eigenvalue weighted by molar-refractivity contribution is 0.0697.